The van der Waals surface area contributed by atoms with Gasteiger partial charge in [-0.25, -0.2) is 9.97 Å². The van der Waals surface area contributed by atoms with Crippen molar-refractivity contribution in [1.29, 1.82) is 0 Å². The van der Waals surface area contributed by atoms with Crippen LogP contribution in [0, 0.1) is 13.8 Å². The Kier molecular flexibility index (Phi) is 8.32. The zero-order valence-corrected chi connectivity index (χ0v) is 35.8. The van der Waals surface area contributed by atoms with E-state index in [0.717, 1.165) is 76.5 Å². The lowest BCUT2D eigenvalue weighted by Gasteiger charge is -2.13. The smallest absolute Gasteiger partial charge is 0.312 e. The lowest BCUT2D eigenvalue weighted by molar-refractivity contribution is -0.635. The van der Waals surface area contributed by atoms with Crippen LogP contribution in [0.15, 0.2) is 146 Å². The first kappa shape index (κ1) is 39.7. The van der Waals surface area contributed by atoms with Crippen LogP contribution in [0.25, 0.3) is 110 Å². The van der Waals surface area contributed by atoms with Crippen molar-refractivity contribution < 1.29 is 35.5 Å². The fourth-order valence-electron chi connectivity index (χ4n) is 10.6. The number of aryl methyl sites for hydroxylation is 4. The van der Waals surface area contributed by atoms with E-state index >= 15 is 0 Å². The summed E-state index contributed by atoms with van der Waals surface area (Å²) in [5.41, 5.74) is 6.90. The Bertz CT molecular complexity index is 4140. The Morgan fingerprint density at radius 1 is 0.424 bits per heavy atom. The number of rotatable bonds is 2. The molecule has 0 aliphatic rings. The normalized spacial score (nSPS) is 12.7. The summed E-state index contributed by atoms with van der Waals surface area (Å²) in [6.45, 7) is 3.78. The molecule has 0 fully saturated rings. The van der Waals surface area contributed by atoms with Gasteiger partial charge in [0.1, 0.15) is 25.1 Å². The van der Waals surface area contributed by atoms with Crippen LogP contribution in [0.3, 0.4) is 0 Å². The third-order valence-electron chi connectivity index (χ3n) is 13.4. The Morgan fingerprint density at radius 2 is 0.833 bits per heavy atom. The van der Waals surface area contributed by atoms with Crippen LogP contribution in [-0.4, -0.2) is 18.8 Å². The van der Waals surface area contributed by atoms with Crippen LogP contribution >= 0.6 is 0 Å². The molecule has 0 radical (unpaired) electrons. The average molecular weight is 883 g/mol. The molecule has 0 N–H and O–H groups in total. The lowest BCUT2D eigenvalue weighted by atomic mass is 10.0. The number of hydrogen-bond acceptors (Lipinski definition) is 2. The second-order valence-electron chi connectivity index (χ2n) is 16.9. The van der Waals surface area contributed by atoms with E-state index < -0.39 is 23.7 Å². The van der Waals surface area contributed by atoms with Crippen molar-refractivity contribution >= 4 is 87.2 Å². The molecule has 13 rings (SSSR count). The van der Waals surface area contributed by atoms with Gasteiger partial charge in [-0.2, -0.15) is 35.5 Å². The number of para-hydroxylation sites is 6. The van der Waals surface area contributed by atoms with Crippen LogP contribution in [0.2, 0.25) is 0 Å². The number of benzene rings is 7. The molecule has 0 amide bonds. The van der Waals surface area contributed by atoms with E-state index in [0.29, 0.717) is 33.2 Å². The van der Waals surface area contributed by atoms with Gasteiger partial charge in [0.05, 0.1) is 33.2 Å². The second-order valence-corrected chi connectivity index (χ2v) is 16.9. The van der Waals surface area contributed by atoms with Crippen LogP contribution in [0.5, 0.6) is 0 Å². The third kappa shape index (κ3) is 5.50. The lowest BCUT2D eigenvalue weighted by Crippen LogP contribution is -2.36. The molecule has 322 valence electrons. The highest BCUT2D eigenvalue weighted by Crippen LogP contribution is 2.46. The number of halogens is 6. The van der Waals surface area contributed by atoms with Gasteiger partial charge >= 0.3 is 12.4 Å². The molecule has 13 aromatic rings. The maximum atomic E-state index is 14.5. The highest BCUT2D eigenvalue weighted by molar-refractivity contribution is 6.19. The Labute approximate surface area is 371 Å². The van der Waals surface area contributed by atoms with E-state index in [4.69, 9.17) is 0 Å². The Balaban J connectivity index is 0.000000139. The summed E-state index contributed by atoms with van der Waals surface area (Å²) in [5.74, 6) is 0. The topological polar surface area (TPSA) is 42.4 Å². The van der Waals surface area contributed by atoms with E-state index in [1.807, 2.05) is 123 Å². The molecule has 0 atom stereocenters. The molecular weight excluding hydrogens is 847 g/mol. The minimum absolute atomic E-state index is 0.0815. The maximum absolute atomic E-state index is 14.5. The fraction of sp³-hybridized carbons (Fsp3) is 0.111. The van der Waals surface area contributed by atoms with Crippen molar-refractivity contribution in [2.75, 3.05) is 0 Å². The zero-order chi connectivity index (χ0) is 45.6. The molecule has 0 bridgehead atoms. The molecule has 0 spiro atoms. The van der Waals surface area contributed by atoms with E-state index in [1.165, 1.54) is 0 Å². The molecule has 0 unspecified atom stereocenters. The molecule has 6 nitrogen and oxygen atoms in total. The van der Waals surface area contributed by atoms with Crippen molar-refractivity contribution in [2.24, 2.45) is 14.1 Å². The average Bonchev–Trinajstić information content (AvgIpc) is 4.01. The minimum Gasteiger partial charge on any atom is -0.312 e. The van der Waals surface area contributed by atoms with Crippen molar-refractivity contribution in [3.8, 4) is 22.5 Å². The van der Waals surface area contributed by atoms with Crippen LogP contribution in [0.1, 0.15) is 22.8 Å². The first-order valence-corrected chi connectivity index (χ1v) is 21.4. The first-order chi connectivity index (χ1) is 31.7. The van der Waals surface area contributed by atoms with Gasteiger partial charge in [0.2, 0.25) is 33.8 Å². The maximum Gasteiger partial charge on any atom is 0.440 e. The SMILES string of the molecule is Cc1c(-c2c(C(F)(F)F)nc3cc4ccccc4cc3[n+]2C)c2cccc3c4ccccc4n1c23.Cc1c(-c2c(C(F)(F)F)nc3ccccc3[n+]2C)c2cccc3c4ccccc4n1c23. The number of fused-ring (bicyclic) bond motifs is 9. The van der Waals surface area contributed by atoms with Gasteiger partial charge in [-0.15, -0.1) is 0 Å². The molecule has 6 heterocycles. The van der Waals surface area contributed by atoms with Crippen molar-refractivity contribution in [2.45, 2.75) is 26.2 Å². The molecule has 12 heteroatoms. The number of aromatic nitrogens is 6. The summed E-state index contributed by atoms with van der Waals surface area (Å²) in [5, 5.41) is 7.65. The van der Waals surface area contributed by atoms with Crippen LogP contribution < -0.4 is 9.13 Å². The van der Waals surface area contributed by atoms with Gasteiger partial charge in [-0.1, -0.05) is 109 Å². The summed E-state index contributed by atoms with van der Waals surface area (Å²) in [4.78, 5) is 8.29. The van der Waals surface area contributed by atoms with Gasteiger partial charge in [-0.3, -0.25) is 0 Å². The molecule has 0 saturated carbocycles. The predicted molar refractivity (Wildman–Crippen MR) is 248 cm³/mol. The highest BCUT2D eigenvalue weighted by Gasteiger charge is 2.45. The van der Waals surface area contributed by atoms with Crippen molar-refractivity contribution in [3.05, 3.63) is 168 Å². The molecule has 0 aliphatic carbocycles. The number of nitrogens with zero attached hydrogens (tertiary/aromatic N) is 6. The van der Waals surface area contributed by atoms with Crippen LogP contribution in [0.4, 0.5) is 26.3 Å². The van der Waals surface area contributed by atoms with E-state index in [-0.39, 0.29) is 11.4 Å². The zero-order valence-electron chi connectivity index (χ0n) is 35.8. The molecule has 66 heavy (non-hydrogen) atoms. The first-order valence-electron chi connectivity index (χ1n) is 21.4. The molecule has 6 aromatic heterocycles. The monoisotopic (exact) mass is 882 g/mol. The summed E-state index contributed by atoms with van der Waals surface area (Å²) in [6, 6.07) is 45.9. The number of hydrogen-bond donors (Lipinski definition) is 0. The quantitative estimate of drug-likeness (QED) is 0.0986. The molecular formula is C54H36F6N6+2. The van der Waals surface area contributed by atoms with Gasteiger partial charge in [-0.05, 0) is 48.9 Å². The van der Waals surface area contributed by atoms with Gasteiger partial charge in [0, 0.05) is 55.8 Å². The van der Waals surface area contributed by atoms with E-state index in [1.54, 1.807) is 47.5 Å². The summed E-state index contributed by atoms with van der Waals surface area (Å²) >= 11 is 0. The highest BCUT2D eigenvalue weighted by atomic mass is 19.4. The third-order valence-corrected chi connectivity index (χ3v) is 13.4. The second kappa shape index (κ2) is 13.8. The molecule has 0 aliphatic heterocycles. The van der Waals surface area contributed by atoms with Gasteiger partial charge < -0.3 is 8.80 Å². The predicted octanol–water partition coefficient (Wildman–Crippen LogP) is 13.3. The van der Waals surface area contributed by atoms with E-state index in [9.17, 15) is 26.3 Å². The van der Waals surface area contributed by atoms with Gasteiger partial charge in [0.15, 0.2) is 0 Å². The summed E-state index contributed by atoms with van der Waals surface area (Å²) in [7, 11) is 3.39. The largest absolute Gasteiger partial charge is 0.440 e. The van der Waals surface area contributed by atoms with Gasteiger partial charge in [0.25, 0.3) is 0 Å². The molecule has 7 aromatic carbocycles. The standard InChI is InChI=1S/C29H19F3N3.C25H17F3N3/c1-16-25(21-12-7-11-20-19-10-5-6-13-23(19)35(16)26(20)21)27-28(29(30,31)32)33-22-14-17-8-3-4-9-18(17)15-24(22)34(27)2;1-14-21(17-10-7-9-16-15-8-3-5-12-19(15)31(14)22(16)17)23-24(25(26,27)28)29-18-11-4-6-13-20(18)30(23)2/h3-15H,1-2H3;3-13H,1-2H3/q2*+1. The summed E-state index contributed by atoms with van der Waals surface area (Å²) in [6.07, 6.45) is -9.20. The summed E-state index contributed by atoms with van der Waals surface area (Å²) < 4.78 is 93.8. The van der Waals surface area contributed by atoms with Crippen LogP contribution in [-0.2, 0) is 26.4 Å². The Hall–Kier alpha value is -7.86. The Morgan fingerprint density at radius 3 is 1.36 bits per heavy atom. The fourth-order valence-corrected chi connectivity index (χ4v) is 10.6. The molecule has 0 saturated heterocycles. The number of alkyl halides is 6. The minimum atomic E-state index is -4.62. The van der Waals surface area contributed by atoms with E-state index in [2.05, 4.69) is 30.9 Å². The van der Waals surface area contributed by atoms with Crippen molar-refractivity contribution in [1.82, 2.24) is 18.8 Å². The van der Waals surface area contributed by atoms with Crippen molar-refractivity contribution in [3.63, 3.8) is 0 Å².